The van der Waals surface area contributed by atoms with Gasteiger partial charge in [0.15, 0.2) is 0 Å². The van der Waals surface area contributed by atoms with Crippen LogP contribution in [0.25, 0.3) is 0 Å². The fraction of sp³-hybridized carbons (Fsp3) is 0.857. The van der Waals surface area contributed by atoms with Crippen LogP contribution in [0.2, 0.25) is 0 Å². The SMILES string of the molecule is CSCC[C@H](NC(=O)NC1CCCC(C)(C)C1)C(=O)O. The Balaban J connectivity index is 2.43. The molecule has 116 valence electrons. The molecule has 5 nitrogen and oxygen atoms in total. The molecule has 0 spiro atoms. The van der Waals surface area contributed by atoms with Crippen LogP contribution in [0, 0.1) is 5.41 Å². The number of carboxylic acid groups (broad SMARTS) is 1. The van der Waals surface area contributed by atoms with Gasteiger partial charge < -0.3 is 15.7 Å². The van der Waals surface area contributed by atoms with Gasteiger partial charge in [-0.3, -0.25) is 0 Å². The van der Waals surface area contributed by atoms with Crippen LogP contribution in [0.15, 0.2) is 0 Å². The average Bonchev–Trinajstić information content (AvgIpc) is 2.32. The standard InChI is InChI=1S/C14H26N2O3S/c1-14(2)7-4-5-10(9-14)15-13(19)16-11(12(17)18)6-8-20-3/h10-11H,4-9H2,1-3H3,(H,17,18)(H2,15,16,19)/t10?,11-/m0/s1. The first kappa shape index (κ1) is 17.1. The number of carboxylic acids is 1. The lowest BCUT2D eigenvalue weighted by molar-refractivity contribution is -0.139. The van der Waals surface area contributed by atoms with Crippen LogP contribution in [0.1, 0.15) is 46.0 Å². The molecule has 3 N–H and O–H groups in total. The smallest absolute Gasteiger partial charge is 0.326 e. The molecular formula is C14H26N2O3S. The lowest BCUT2D eigenvalue weighted by Gasteiger charge is -2.35. The Bertz CT molecular complexity index is 347. The largest absolute Gasteiger partial charge is 0.480 e. The van der Waals surface area contributed by atoms with Gasteiger partial charge in [0, 0.05) is 6.04 Å². The van der Waals surface area contributed by atoms with Crippen LogP contribution >= 0.6 is 11.8 Å². The van der Waals surface area contributed by atoms with Gasteiger partial charge in [-0.2, -0.15) is 11.8 Å². The third kappa shape index (κ3) is 6.03. The van der Waals surface area contributed by atoms with E-state index in [1.165, 1.54) is 6.42 Å². The van der Waals surface area contributed by atoms with E-state index in [0.717, 1.165) is 19.3 Å². The highest BCUT2D eigenvalue weighted by Crippen LogP contribution is 2.34. The van der Waals surface area contributed by atoms with Crippen LogP contribution in [0.3, 0.4) is 0 Å². The first-order chi connectivity index (χ1) is 9.34. The summed E-state index contributed by atoms with van der Waals surface area (Å²) in [6, 6.07) is -1.02. The van der Waals surface area contributed by atoms with Crippen LogP contribution in [0.5, 0.6) is 0 Å². The number of rotatable bonds is 6. The molecule has 0 aromatic heterocycles. The average molecular weight is 302 g/mol. The Hall–Kier alpha value is -0.910. The Morgan fingerprint density at radius 1 is 1.45 bits per heavy atom. The fourth-order valence-electron chi connectivity index (χ4n) is 2.70. The maximum absolute atomic E-state index is 11.9. The second kappa shape index (κ2) is 7.76. The number of carbonyl (C=O) groups excluding carboxylic acids is 1. The number of thioether (sulfide) groups is 1. The van der Waals surface area contributed by atoms with Crippen molar-refractivity contribution in [1.82, 2.24) is 10.6 Å². The second-order valence-corrected chi connectivity index (χ2v) is 7.23. The van der Waals surface area contributed by atoms with E-state index in [2.05, 4.69) is 24.5 Å². The van der Waals surface area contributed by atoms with Crippen molar-refractivity contribution in [2.45, 2.75) is 58.0 Å². The Morgan fingerprint density at radius 3 is 2.70 bits per heavy atom. The van der Waals surface area contributed by atoms with Crippen LogP contribution in [-0.2, 0) is 4.79 Å². The van der Waals surface area contributed by atoms with Gasteiger partial charge in [-0.25, -0.2) is 9.59 Å². The van der Waals surface area contributed by atoms with E-state index in [1.54, 1.807) is 11.8 Å². The van der Waals surface area contributed by atoms with E-state index >= 15 is 0 Å². The minimum absolute atomic E-state index is 0.147. The third-order valence-corrected chi connectivity index (χ3v) is 4.40. The second-order valence-electron chi connectivity index (χ2n) is 6.25. The van der Waals surface area contributed by atoms with Crippen molar-refractivity contribution in [3.05, 3.63) is 0 Å². The topological polar surface area (TPSA) is 78.4 Å². The number of hydrogen-bond acceptors (Lipinski definition) is 3. The molecule has 0 aromatic rings. The molecule has 1 aliphatic carbocycles. The predicted molar refractivity (Wildman–Crippen MR) is 82.1 cm³/mol. The Morgan fingerprint density at radius 2 is 2.15 bits per heavy atom. The maximum Gasteiger partial charge on any atom is 0.326 e. The van der Waals surface area contributed by atoms with Gasteiger partial charge in [-0.15, -0.1) is 0 Å². The number of carbonyl (C=O) groups is 2. The summed E-state index contributed by atoms with van der Waals surface area (Å²) in [5.74, 6) is -0.258. The molecule has 1 saturated carbocycles. The zero-order valence-corrected chi connectivity index (χ0v) is 13.4. The summed E-state index contributed by atoms with van der Waals surface area (Å²) in [6.07, 6.45) is 6.57. The highest BCUT2D eigenvalue weighted by Gasteiger charge is 2.29. The van der Waals surface area contributed by atoms with Gasteiger partial charge in [0.05, 0.1) is 0 Å². The molecule has 2 amide bonds. The number of hydrogen-bond donors (Lipinski definition) is 3. The molecule has 0 saturated heterocycles. The molecule has 1 aliphatic rings. The molecule has 1 rings (SSSR count). The molecule has 1 unspecified atom stereocenters. The molecule has 0 aromatic carbocycles. The lowest BCUT2D eigenvalue weighted by Crippen LogP contribution is -2.50. The number of amides is 2. The minimum Gasteiger partial charge on any atom is -0.480 e. The van der Waals surface area contributed by atoms with Crippen molar-refractivity contribution in [2.24, 2.45) is 5.41 Å². The van der Waals surface area contributed by atoms with Crippen molar-refractivity contribution in [2.75, 3.05) is 12.0 Å². The molecule has 1 fully saturated rings. The monoisotopic (exact) mass is 302 g/mol. The number of aliphatic carboxylic acids is 1. The van der Waals surface area contributed by atoms with Gasteiger partial charge in [-0.1, -0.05) is 20.3 Å². The summed E-state index contributed by atoms with van der Waals surface area (Å²) in [4.78, 5) is 23.0. The highest BCUT2D eigenvalue weighted by molar-refractivity contribution is 7.98. The zero-order valence-electron chi connectivity index (χ0n) is 12.6. The predicted octanol–water partition coefficient (Wildman–Crippen LogP) is 2.46. The molecular weight excluding hydrogens is 276 g/mol. The summed E-state index contributed by atoms with van der Waals surface area (Å²) in [5.41, 5.74) is 0.251. The molecule has 6 heteroatoms. The van der Waals surface area contributed by atoms with E-state index < -0.39 is 12.0 Å². The summed E-state index contributed by atoms with van der Waals surface area (Å²) in [6.45, 7) is 4.41. The van der Waals surface area contributed by atoms with Crippen molar-refractivity contribution in [3.63, 3.8) is 0 Å². The van der Waals surface area contributed by atoms with Crippen molar-refractivity contribution in [1.29, 1.82) is 0 Å². The summed E-state index contributed by atoms with van der Waals surface area (Å²) in [7, 11) is 0. The first-order valence-electron chi connectivity index (χ1n) is 7.13. The zero-order chi connectivity index (χ0) is 15.2. The first-order valence-corrected chi connectivity index (χ1v) is 8.52. The van der Waals surface area contributed by atoms with E-state index in [1.807, 2.05) is 6.26 Å². The van der Waals surface area contributed by atoms with Gasteiger partial charge >= 0.3 is 12.0 Å². The summed E-state index contributed by atoms with van der Waals surface area (Å²) in [5, 5.41) is 14.6. The van der Waals surface area contributed by atoms with Gasteiger partial charge in [0.25, 0.3) is 0 Å². The molecule has 2 atom stereocenters. The van der Waals surface area contributed by atoms with Gasteiger partial charge in [0.2, 0.25) is 0 Å². The molecule has 0 bridgehead atoms. The van der Waals surface area contributed by atoms with Crippen LogP contribution in [0.4, 0.5) is 4.79 Å². The lowest BCUT2D eigenvalue weighted by atomic mass is 9.75. The van der Waals surface area contributed by atoms with Gasteiger partial charge in [0.1, 0.15) is 6.04 Å². The number of nitrogens with one attached hydrogen (secondary N) is 2. The fourth-order valence-corrected chi connectivity index (χ4v) is 3.17. The van der Waals surface area contributed by atoms with E-state index in [0.29, 0.717) is 12.2 Å². The van der Waals surface area contributed by atoms with E-state index in [-0.39, 0.29) is 17.5 Å². The van der Waals surface area contributed by atoms with Crippen LogP contribution < -0.4 is 10.6 Å². The molecule has 0 radical (unpaired) electrons. The summed E-state index contributed by atoms with van der Waals surface area (Å²) < 4.78 is 0. The Kier molecular flexibility index (Phi) is 6.65. The normalized spacial score (nSPS) is 22.9. The molecule has 0 aliphatic heterocycles. The van der Waals surface area contributed by atoms with Gasteiger partial charge in [-0.05, 0) is 43.1 Å². The van der Waals surface area contributed by atoms with Crippen LogP contribution in [-0.4, -0.2) is 41.2 Å². The Labute approximate surface area is 125 Å². The highest BCUT2D eigenvalue weighted by atomic mass is 32.2. The summed E-state index contributed by atoms with van der Waals surface area (Å²) >= 11 is 1.57. The third-order valence-electron chi connectivity index (χ3n) is 3.75. The van der Waals surface area contributed by atoms with Crippen molar-refractivity contribution >= 4 is 23.8 Å². The maximum atomic E-state index is 11.9. The molecule has 20 heavy (non-hydrogen) atoms. The van der Waals surface area contributed by atoms with Crippen molar-refractivity contribution in [3.8, 4) is 0 Å². The van der Waals surface area contributed by atoms with E-state index in [9.17, 15) is 9.59 Å². The van der Waals surface area contributed by atoms with Crippen molar-refractivity contribution < 1.29 is 14.7 Å². The number of urea groups is 1. The quantitative estimate of drug-likeness (QED) is 0.704. The molecule has 0 heterocycles. The van der Waals surface area contributed by atoms with E-state index in [4.69, 9.17) is 5.11 Å². The minimum atomic E-state index is -0.974.